The zero-order valence-electron chi connectivity index (χ0n) is 24.5. The molecule has 1 amide bonds. The second kappa shape index (κ2) is 10.8. The summed E-state index contributed by atoms with van der Waals surface area (Å²) in [6.45, 7) is 2.89. The molecule has 1 aromatic carbocycles. The molecule has 44 heavy (non-hydrogen) atoms. The van der Waals surface area contributed by atoms with Gasteiger partial charge in [0.05, 0.1) is 42.3 Å². The highest BCUT2D eigenvalue weighted by atomic mass is 17.1. The Morgan fingerprint density at radius 1 is 1.23 bits per heavy atom. The molecule has 0 saturated carbocycles. The van der Waals surface area contributed by atoms with E-state index in [-0.39, 0.29) is 41.5 Å². The number of ketones is 1. The molecule has 15 nitrogen and oxygen atoms in total. The van der Waals surface area contributed by atoms with Gasteiger partial charge in [0, 0.05) is 18.0 Å². The van der Waals surface area contributed by atoms with Crippen LogP contribution in [0.5, 0.6) is 5.75 Å². The van der Waals surface area contributed by atoms with Gasteiger partial charge in [-0.1, -0.05) is 19.1 Å². The number of carbonyl (C=O) groups is 2. The van der Waals surface area contributed by atoms with Gasteiger partial charge in [0.25, 0.3) is 5.91 Å². The summed E-state index contributed by atoms with van der Waals surface area (Å²) in [4.78, 5) is 35.6. The van der Waals surface area contributed by atoms with Gasteiger partial charge in [-0.15, -0.1) is 0 Å². The van der Waals surface area contributed by atoms with Gasteiger partial charge < -0.3 is 35.6 Å². The first-order valence-electron chi connectivity index (χ1n) is 14.6. The van der Waals surface area contributed by atoms with E-state index in [1.165, 1.54) is 6.07 Å². The van der Waals surface area contributed by atoms with Gasteiger partial charge in [-0.3, -0.25) is 34.6 Å². The number of aliphatic hydroxyl groups excluding tert-OH is 3. The van der Waals surface area contributed by atoms with Crippen molar-refractivity contribution in [3.63, 3.8) is 0 Å². The van der Waals surface area contributed by atoms with E-state index in [9.17, 15) is 35.1 Å². The molecule has 2 fully saturated rings. The molecule has 2 heterocycles. The van der Waals surface area contributed by atoms with Crippen LogP contribution in [0.25, 0.3) is 0 Å². The molecule has 6 rings (SSSR count). The van der Waals surface area contributed by atoms with Crippen molar-refractivity contribution in [3.8, 4) is 5.75 Å². The van der Waals surface area contributed by atoms with Crippen LogP contribution in [0.2, 0.25) is 0 Å². The highest BCUT2D eigenvalue weighted by Crippen LogP contribution is 2.69. The Kier molecular flexibility index (Phi) is 7.55. The Balaban J connectivity index is 1.34. The minimum absolute atomic E-state index is 0.0110. The molecule has 5 aliphatic rings. The molecule has 2 saturated heterocycles. The molecule has 0 bridgehead atoms. The summed E-state index contributed by atoms with van der Waals surface area (Å²) in [6.07, 6.45) is 0.106. The quantitative estimate of drug-likeness (QED) is 0.150. The lowest BCUT2D eigenvalue weighted by Crippen LogP contribution is -2.63. The number of aliphatic hydroxyl groups is 4. The fourth-order valence-corrected chi connectivity index (χ4v) is 8.03. The number of ether oxygens (including phenoxy) is 1. The number of hydrogen-bond acceptors (Lipinski definition) is 14. The molecular formula is C29H38N4O11. The van der Waals surface area contributed by atoms with Crippen LogP contribution in [0.15, 0.2) is 40.9 Å². The first-order chi connectivity index (χ1) is 20.8. The van der Waals surface area contributed by atoms with Crippen LogP contribution in [0.4, 0.5) is 0 Å². The Labute approximate surface area is 252 Å². The van der Waals surface area contributed by atoms with Crippen LogP contribution < -0.4 is 5.32 Å². The van der Waals surface area contributed by atoms with Gasteiger partial charge >= 0.3 is 0 Å². The van der Waals surface area contributed by atoms with Crippen LogP contribution in [0, 0.1) is 17.8 Å². The lowest BCUT2D eigenvalue weighted by atomic mass is 9.56. The van der Waals surface area contributed by atoms with Gasteiger partial charge in [-0.25, -0.2) is 0 Å². The maximum atomic E-state index is 13.8. The standard InChI is InChI=1S/C29H38N4O11/c1-13-15-7-4-8-16(34)18(15)23(35)19-17(13)24(36)20-22(31(2)3)25(37)21(29(40)28(20,44-29)26(19)38)27(39)30-12-32-9-5-6-14(10-32)11-43-33(41)42/h4,7-8,13-14,17,20,22,24,34,36-38,40-42H,5-6,9-12H2,1-3H3,(H,30,39). The largest absolute Gasteiger partial charge is 0.510 e. The summed E-state index contributed by atoms with van der Waals surface area (Å²) in [7, 11) is 3.22. The van der Waals surface area contributed by atoms with Crippen molar-refractivity contribution in [2.24, 2.45) is 17.8 Å². The molecule has 15 heteroatoms. The van der Waals surface area contributed by atoms with E-state index < -0.39 is 70.1 Å². The number of aromatic hydroxyl groups is 1. The molecule has 8 unspecified atom stereocenters. The predicted octanol–water partition coefficient (Wildman–Crippen LogP) is 0.122. The van der Waals surface area contributed by atoms with Gasteiger partial charge in [-0.2, -0.15) is 0 Å². The second-order valence-electron chi connectivity index (χ2n) is 12.6. The molecule has 0 aromatic heterocycles. The monoisotopic (exact) mass is 618 g/mol. The molecule has 8 atom stereocenters. The summed E-state index contributed by atoms with van der Waals surface area (Å²) in [5.41, 5.74) is -2.39. The maximum absolute atomic E-state index is 13.8. The number of likely N-dealkylation sites (N-methyl/N-ethyl adjacent to an activating group) is 1. The van der Waals surface area contributed by atoms with Crippen molar-refractivity contribution in [1.82, 2.24) is 20.5 Å². The molecule has 3 aliphatic carbocycles. The van der Waals surface area contributed by atoms with E-state index in [1.54, 1.807) is 38.1 Å². The Morgan fingerprint density at radius 3 is 2.64 bits per heavy atom. The molecule has 240 valence electrons. The summed E-state index contributed by atoms with van der Waals surface area (Å²) >= 11 is 0. The average Bonchev–Trinajstić information content (AvgIpc) is 3.60. The van der Waals surface area contributed by atoms with Crippen LogP contribution in [0.1, 0.15) is 41.6 Å². The van der Waals surface area contributed by atoms with Crippen molar-refractivity contribution in [1.29, 1.82) is 0 Å². The zero-order chi connectivity index (χ0) is 31.9. The van der Waals surface area contributed by atoms with E-state index in [2.05, 4.69) is 5.32 Å². The predicted molar refractivity (Wildman–Crippen MR) is 148 cm³/mol. The van der Waals surface area contributed by atoms with Crippen molar-refractivity contribution < 1.29 is 55.1 Å². The van der Waals surface area contributed by atoms with Crippen LogP contribution >= 0.6 is 0 Å². The number of rotatable bonds is 7. The third kappa shape index (κ3) is 4.30. The summed E-state index contributed by atoms with van der Waals surface area (Å²) in [5.74, 6) is -8.34. The van der Waals surface area contributed by atoms with E-state index >= 15 is 0 Å². The first-order valence-corrected chi connectivity index (χ1v) is 14.6. The van der Waals surface area contributed by atoms with Gasteiger partial charge in [0.1, 0.15) is 22.8 Å². The number of amides is 1. The van der Waals surface area contributed by atoms with Gasteiger partial charge in [-0.05, 0) is 56.9 Å². The second-order valence-corrected chi connectivity index (χ2v) is 12.6. The highest BCUT2D eigenvalue weighted by molar-refractivity contribution is 6.14. The van der Waals surface area contributed by atoms with Crippen molar-refractivity contribution >= 4 is 11.7 Å². The summed E-state index contributed by atoms with van der Waals surface area (Å²) in [5, 5.41) is 77.6. The molecule has 0 radical (unpaired) electrons. The number of Topliss-reactive ketones (excluding diaryl/α,β-unsaturated/α-hetero) is 1. The minimum atomic E-state index is -2.56. The molecule has 1 aromatic rings. The van der Waals surface area contributed by atoms with Crippen molar-refractivity contribution in [2.45, 2.75) is 49.2 Å². The zero-order valence-corrected chi connectivity index (χ0v) is 24.5. The van der Waals surface area contributed by atoms with E-state index in [4.69, 9.17) is 20.0 Å². The molecule has 8 N–H and O–H groups in total. The number of benzene rings is 1. The number of nitrogens with zero attached hydrogens (tertiary/aromatic N) is 3. The number of epoxide rings is 1. The molecular weight excluding hydrogens is 580 g/mol. The van der Waals surface area contributed by atoms with E-state index in [0.29, 0.717) is 18.7 Å². The molecule has 2 aliphatic heterocycles. The summed E-state index contributed by atoms with van der Waals surface area (Å²) in [6, 6.07) is 3.51. The fraction of sp³-hybridized carbons (Fsp3) is 0.586. The van der Waals surface area contributed by atoms with Crippen LogP contribution in [-0.4, -0.2) is 127 Å². The van der Waals surface area contributed by atoms with Crippen molar-refractivity contribution in [3.05, 3.63) is 52.0 Å². The Bertz CT molecular complexity index is 1450. The Morgan fingerprint density at radius 2 is 1.95 bits per heavy atom. The normalized spacial score (nSPS) is 36.6. The summed E-state index contributed by atoms with van der Waals surface area (Å²) < 4.78 is 5.82. The number of carbonyl (C=O) groups excluding carboxylic acids is 2. The number of phenols is 1. The fourth-order valence-electron chi connectivity index (χ4n) is 8.03. The van der Waals surface area contributed by atoms with E-state index in [1.807, 2.05) is 4.90 Å². The number of likely N-dealkylation sites (tertiary alicyclic amines) is 1. The molecule has 1 spiro atoms. The third-order valence-corrected chi connectivity index (χ3v) is 9.98. The van der Waals surface area contributed by atoms with Gasteiger partial charge in [0.2, 0.25) is 5.79 Å². The smallest absolute Gasteiger partial charge is 0.257 e. The third-order valence-electron chi connectivity index (χ3n) is 9.98. The Hall–Kier alpha value is -3.12. The number of piperidine rings is 1. The lowest BCUT2D eigenvalue weighted by molar-refractivity contribution is -0.494. The maximum Gasteiger partial charge on any atom is 0.257 e. The van der Waals surface area contributed by atoms with Crippen molar-refractivity contribution in [2.75, 3.05) is 40.5 Å². The van der Waals surface area contributed by atoms with Crippen LogP contribution in [0.3, 0.4) is 0 Å². The number of phenolic OH excluding ortho intramolecular Hbond substituents is 1. The lowest BCUT2D eigenvalue weighted by Gasteiger charge is -2.50. The van der Waals surface area contributed by atoms with Gasteiger partial charge in [0.15, 0.2) is 11.4 Å². The highest BCUT2D eigenvalue weighted by Gasteiger charge is 2.86. The minimum Gasteiger partial charge on any atom is -0.510 e. The average molecular weight is 619 g/mol. The van der Waals surface area contributed by atoms with Crippen LogP contribution in [-0.2, 0) is 14.4 Å². The SMILES string of the molecule is CC1c2cccc(O)c2C(=O)C2=C(O)C34OC3(O)C(C(=O)NCN3CCCC(CON(O)O)C3)=C(O)C(N(C)C)C4C(O)C21. The number of hydrogen-bond donors (Lipinski definition) is 8. The van der Waals surface area contributed by atoms with E-state index in [0.717, 1.165) is 12.8 Å². The number of fused-ring (bicyclic) bond motifs is 2. The first kappa shape index (κ1) is 30.9. The number of nitrogens with one attached hydrogen (secondary N) is 1. The topological polar surface area (TPSA) is 219 Å².